The first kappa shape index (κ1) is 9.08. The molecule has 0 unspecified atom stereocenters. The Hall–Kier alpha value is -1.49. The van der Waals surface area contributed by atoms with Crippen LogP contribution in [0.1, 0.15) is 18.1 Å². The van der Waals surface area contributed by atoms with Crippen molar-refractivity contribution in [3.05, 3.63) is 40.7 Å². The van der Waals surface area contributed by atoms with Crippen molar-refractivity contribution in [3.8, 4) is 0 Å². The third-order valence-electron chi connectivity index (χ3n) is 2.78. The Morgan fingerprint density at radius 1 is 1.50 bits per heavy atom. The van der Waals surface area contributed by atoms with Gasteiger partial charge < -0.3 is 9.74 Å². The zero-order chi connectivity index (χ0) is 9.97. The van der Waals surface area contributed by atoms with Gasteiger partial charge in [0.2, 0.25) is 6.54 Å². The van der Waals surface area contributed by atoms with E-state index in [1.807, 2.05) is 0 Å². The van der Waals surface area contributed by atoms with Gasteiger partial charge in [-0.2, -0.15) is 0 Å². The van der Waals surface area contributed by atoms with E-state index in [0.29, 0.717) is 6.54 Å². The van der Waals surface area contributed by atoms with Gasteiger partial charge in [-0.1, -0.05) is 0 Å². The van der Waals surface area contributed by atoms with Crippen LogP contribution in [0.25, 0.3) is 4.85 Å². The van der Waals surface area contributed by atoms with Crippen molar-refractivity contribution in [1.82, 2.24) is 0 Å². The molecule has 0 saturated carbocycles. The Kier molecular flexibility index (Phi) is 2.41. The molecule has 1 aliphatic heterocycles. The van der Waals surface area contributed by atoms with Crippen molar-refractivity contribution >= 4 is 5.69 Å². The summed E-state index contributed by atoms with van der Waals surface area (Å²) in [5.41, 5.74) is 3.92. The fraction of sp³-hybridized carbons (Fsp3) is 0.417. The number of benzene rings is 1. The van der Waals surface area contributed by atoms with Crippen LogP contribution in [0, 0.1) is 6.57 Å². The highest BCUT2D eigenvalue weighted by Crippen LogP contribution is 2.28. The fourth-order valence-electron chi connectivity index (χ4n) is 2.04. The van der Waals surface area contributed by atoms with Crippen molar-refractivity contribution in [3.63, 3.8) is 0 Å². The van der Waals surface area contributed by atoms with E-state index in [1.54, 1.807) is 0 Å². The molecular formula is C12H14N2. The molecule has 0 spiro atoms. The molecule has 0 saturated heterocycles. The van der Waals surface area contributed by atoms with Crippen LogP contribution in [0.3, 0.4) is 0 Å². The first-order valence-corrected chi connectivity index (χ1v) is 5.05. The smallest absolute Gasteiger partial charge is 0.239 e. The molecule has 0 fully saturated rings. The van der Waals surface area contributed by atoms with Crippen LogP contribution < -0.4 is 4.90 Å². The topological polar surface area (TPSA) is 7.60 Å². The normalized spacial score (nSPS) is 13.9. The summed E-state index contributed by atoms with van der Waals surface area (Å²) in [6.45, 7) is 11.7. The monoisotopic (exact) mass is 186 g/mol. The molecular weight excluding hydrogens is 172 g/mol. The highest BCUT2D eigenvalue weighted by atomic mass is 15.1. The standard InChI is InChI=1S/C12H14N2/c1-3-14-7-6-11-8-10(9-13-2)4-5-12(11)14/h4-5,8H,3,6-7,9H2,1H3. The van der Waals surface area contributed by atoms with Crippen LogP contribution >= 0.6 is 0 Å². The van der Waals surface area contributed by atoms with Crippen LogP contribution in [0.5, 0.6) is 0 Å². The third-order valence-corrected chi connectivity index (χ3v) is 2.78. The highest BCUT2D eigenvalue weighted by molar-refractivity contribution is 5.59. The minimum atomic E-state index is 0.513. The maximum atomic E-state index is 6.83. The predicted molar refractivity (Wildman–Crippen MR) is 58.3 cm³/mol. The first-order valence-electron chi connectivity index (χ1n) is 5.05. The molecule has 0 radical (unpaired) electrons. The number of hydrogen-bond acceptors (Lipinski definition) is 1. The van der Waals surface area contributed by atoms with Crippen LogP contribution in [0.15, 0.2) is 18.2 Å². The van der Waals surface area contributed by atoms with E-state index in [1.165, 1.54) is 11.3 Å². The summed E-state index contributed by atoms with van der Waals surface area (Å²) >= 11 is 0. The maximum absolute atomic E-state index is 6.83. The summed E-state index contributed by atoms with van der Waals surface area (Å²) in [4.78, 5) is 5.79. The average molecular weight is 186 g/mol. The van der Waals surface area contributed by atoms with Crippen molar-refractivity contribution in [2.24, 2.45) is 0 Å². The van der Waals surface area contributed by atoms with Crippen LogP contribution in [-0.2, 0) is 13.0 Å². The van der Waals surface area contributed by atoms with Crippen molar-refractivity contribution in [2.45, 2.75) is 19.9 Å². The van der Waals surface area contributed by atoms with E-state index >= 15 is 0 Å². The zero-order valence-electron chi connectivity index (χ0n) is 8.45. The van der Waals surface area contributed by atoms with Crippen LogP contribution in [0.4, 0.5) is 5.69 Å². The van der Waals surface area contributed by atoms with Crippen molar-refractivity contribution < 1.29 is 0 Å². The molecule has 2 rings (SSSR count). The summed E-state index contributed by atoms with van der Waals surface area (Å²) in [5, 5.41) is 0. The summed E-state index contributed by atoms with van der Waals surface area (Å²) in [6.07, 6.45) is 1.13. The Morgan fingerprint density at radius 2 is 2.36 bits per heavy atom. The SMILES string of the molecule is [C-]#[N+]Cc1ccc2c(c1)CCN2CC. The quantitative estimate of drug-likeness (QED) is 0.644. The van der Waals surface area contributed by atoms with Gasteiger partial charge >= 0.3 is 0 Å². The number of fused-ring (bicyclic) bond motifs is 1. The lowest BCUT2D eigenvalue weighted by atomic mass is 10.1. The Morgan fingerprint density at radius 3 is 3.07 bits per heavy atom. The van der Waals surface area contributed by atoms with E-state index in [9.17, 15) is 0 Å². The van der Waals surface area contributed by atoms with Crippen molar-refractivity contribution in [1.29, 1.82) is 0 Å². The fourth-order valence-corrected chi connectivity index (χ4v) is 2.04. The summed E-state index contributed by atoms with van der Waals surface area (Å²) in [6, 6.07) is 6.42. The number of nitrogens with zero attached hydrogens (tertiary/aromatic N) is 2. The summed E-state index contributed by atoms with van der Waals surface area (Å²) in [5.74, 6) is 0. The second-order valence-corrected chi connectivity index (χ2v) is 3.61. The Bertz CT molecular complexity index is 376. The molecule has 0 atom stereocenters. The summed E-state index contributed by atoms with van der Waals surface area (Å²) < 4.78 is 0. The molecule has 72 valence electrons. The molecule has 0 N–H and O–H groups in total. The highest BCUT2D eigenvalue weighted by Gasteiger charge is 2.17. The lowest BCUT2D eigenvalue weighted by Gasteiger charge is -2.16. The lowest BCUT2D eigenvalue weighted by Crippen LogP contribution is -2.18. The molecule has 2 nitrogen and oxygen atoms in total. The van der Waals surface area contributed by atoms with Gasteiger partial charge in [0.1, 0.15) is 0 Å². The minimum Gasteiger partial charge on any atom is -0.371 e. The first-order chi connectivity index (χ1) is 6.85. The van der Waals surface area contributed by atoms with Crippen LogP contribution in [-0.4, -0.2) is 13.1 Å². The minimum absolute atomic E-state index is 0.513. The Balaban J connectivity index is 2.30. The van der Waals surface area contributed by atoms with Gasteiger partial charge in [0, 0.05) is 24.3 Å². The molecule has 2 heteroatoms. The van der Waals surface area contributed by atoms with Crippen LogP contribution in [0.2, 0.25) is 0 Å². The van der Waals surface area contributed by atoms with Gasteiger partial charge in [-0.15, -0.1) is 0 Å². The second kappa shape index (κ2) is 3.71. The average Bonchev–Trinajstić information content (AvgIpc) is 2.60. The van der Waals surface area contributed by atoms with E-state index in [-0.39, 0.29) is 0 Å². The molecule has 0 amide bonds. The van der Waals surface area contributed by atoms with Gasteiger partial charge in [0.05, 0.1) is 0 Å². The van der Waals surface area contributed by atoms with E-state index in [4.69, 9.17) is 6.57 Å². The third kappa shape index (κ3) is 1.46. The predicted octanol–water partition coefficient (Wildman–Crippen LogP) is 2.49. The zero-order valence-corrected chi connectivity index (χ0v) is 8.45. The van der Waals surface area contributed by atoms with E-state index in [2.05, 4.69) is 34.9 Å². The largest absolute Gasteiger partial charge is 0.371 e. The molecule has 1 heterocycles. The number of rotatable bonds is 2. The molecule has 14 heavy (non-hydrogen) atoms. The van der Waals surface area contributed by atoms with Crippen molar-refractivity contribution in [2.75, 3.05) is 18.0 Å². The number of likely N-dealkylation sites (N-methyl/N-ethyl adjacent to an activating group) is 1. The second-order valence-electron chi connectivity index (χ2n) is 3.61. The molecule has 0 aliphatic carbocycles. The van der Waals surface area contributed by atoms with Gasteiger partial charge in [0.15, 0.2) is 0 Å². The van der Waals surface area contributed by atoms with Gasteiger partial charge in [-0.3, -0.25) is 0 Å². The van der Waals surface area contributed by atoms with Gasteiger partial charge in [-0.25, -0.2) is 6.57 Å². The van der Waals surface area contributed by atoms with E-state index < -0.39 is 0 Å². The maximum Gasteiger partial charge on any atom is 0.239 e. The lowest BCUT2D eigenvalue weighted by molar-refractivity contribution is 0.868. The Labute approximate surface area is 85.0 Å². The molecule has 1 aliphatic rings. The number of anilines is 1. The van der Waals surface area contributed by atoms with E-state index in [0.717, 1.165) is 25.1 Å². The molecule has 0 aromatic heterocycles. The molecule has 1 aromatic rings. The van der Waals surface area contributed by atoms with Gasteiger partial charge in [-0.05, 0) is 37.1 Å². The summed E-state index contributed by atoms with van der Waals surface area (Å²) in [7, 11) is 0. The molecule has 0 bridgehead atoms. The number of hydrogen-bond donors (Lipinski definition) is 0. The van der Waals surface area contributed by atoms with Gasteiger partial charge in [0.25, 0.3) is 0 Å². The molecule has 1 aromatic carbocycles.